The molecule has 0 saturated carbocycles. The molecule has 15 heteroatoms. The summed E-state index contributed by atoms with van der Waals surface area (Å²) < 4.78 is 136. The SMILES string of the molecule is C[C@@H](CC(=O)c1ccc(/C(F)=C/C(c2cc(Br)cc(Br)c2)C(F)(F)F)cc1C(F)(F)F)C(=O)N(C)CC(F)(F)F. The number of Topliss-reactive ketones (excluding diaryl/α,β-unsaturated/α-hetero) is 1. The molecule has 0 N–H and O–H groups in total. The molecule has 0 radical (unpaired) electrons. The Kier molecular flexibility index (Phi) is 10.7. The minimum atomic E-state index is -5.26. The quantitative estimate of drug-likeness (QED) is 0.202. The van der Waals surface area contributed by atoms with Gasteiger partial charge >= 0.3 is 18.5 Å². The van der Waals surface area contributed by atoms with Crippen LogP contribution in [0.15, 0.2) is 51.4 Å². The summed E-state index contributed by atoms with van der Waals surface area (Å²) >= 11 is 6.03. The van der Waals surface area contributed by atoms with Gasteiger partial charge in [-0.15, -0.1) is 0 Å². The molecule has 0 aromatic heterocycles. The molecule has 1 unspecified atom stereocenters. The lowest BCUT2D eigenvalue weighted by molar-refractivity contribution is -0.160. The van der Waals surface area contributed by atoms with Gasteiger partial charge in [0.1, 0.15) is 18.3 Å². The second-order valence-electron chi connectivity index (χ2n) is 8.83. The first kappa shape index (κ1) is 33.8. The lowest BCUT2D eigenvalue weighted by atomic mass is 9.92. The second kappa shape index (κ2) is 12.6. The van der Waals surface area contributed by atoms with E-state index in [9.17, 15) is 53.5 Å². The van der Waals surface area contributed by atoms with E-state index < -0.39 is 83.1 Å². The van der Waals surface area contributed by atoms with Gasteiger partial charge in [-0.2, -0.15) is 39.5 Å². The van der Waals surface area contributed by atoms with E-state index in [4.69, 9.17) is 0 Å². The molecule has 2 atom stereocenters. The van der Waals surface area contributed by atoms with Gasteiger partial charge in [-0.25, -0.2) is 4.39 Å². The first-order chi connectivity index (χ1) is 18.1. The summed E-state index contributed by atoms with van der Waals surface area (Å²) in [6, 6.07) is 4.91. The number of rotatable bonds is 8. The van der Waals surface area contributed by atoms with Gasteiger partial charge in [0.25, 0.3) is 0 Å². The minimum absolute atomic E-state index is 0.0996. The number of ketones is 1. The van der Waals surface area contributed by atoms with Crippen LogP contribution in [0, 0.1) is 5.92 Å². The fourth-order valence-corrected chi connectivity index (χ4v) is 5.08. The Balaban J connectivity index is 2.45. The number of nitrogens with zero attached hydrogens (tertiary/aromatic N) is 1. The highest BCUT2D eigenvalue weighted by Crippen LogP contribution is 2.41. The highest BCUT2D eigenvalue weighted by molar-refractivity contribution is 9.11. The third-order valence-corrected chi connectivity index (χ3v) is 6.43. The molecular formula is C25H19Br2F10NO2. The number of benzene rings is 2. The molecule has 40 heavy (non-hydrogen) atoms. The van der Waals surface area contributed by atoms with Crippen molar-refractivity contribution in [1.82, 2.24) is 4.90 Å². The number of amides is 1. The van der Waals surface area contributed by atoms with Gasteiger partial charge in [-0.05, 0) is 35.9 Å². The van der Waals surface area contributed by atoms with E-state index >= 15 is 0 Å². The third-order valence-electron chi connectivity index (χ3n) is 5.52. The summed E-state index contributed by atoms with van der Waals surface area (Å²) in [5.41, 5.74) is -4.02. The lowest BCUT2D eigenvalue weighted by Gasteiger charge is -2.22. The standard InChI is InChI=1S/C25H19Br2F10NO2/c1-12(22(40)38(2)11-23(29,30)31)5-21(39)17-4-3-13(8-19(17)25(35,36)37)20(28)10-18(24(32,33)34)14-6-15(26)9-16(27)7-14/h3-4,6-10,12,18H,5,11H2,1-2H3/b20-10-/t12-,18?/m0/s1. The Hall–Kier alpha value is -2.42. The van der Waals surface area contributed by atoms with E-state index in [0.29, 0.717) is 12.1 Å². The number of carbonyl (C=O) groups is 2. The van der Waals surface area contributed by atoms with Crippen LogP contribution in [0.4, 0.5) is 43.9 Å². The zero-order valence-electron chi connectivity index (χ0n) is 20.4. The Morgan fingerprint density at radius 1 is 0.925 bits per heavy atom. The largest absolute Gasteiger partial charge is 0.417 e. The fraction of sp³-hybridized carbons (Fsp3) is 0.360. The van der Waals surface area contributed by atoms with Crippen molar-refractivity contribution in [1.29, 1.82) is 0 Å². The van der Waals surface area contributed by atoms with Crippen LogP contribution in [0.5, 0.6) is 0 Å². The molecule has 2 aromatic rings. The molecule has 0 saturated heterocycles. The molecule has 0 aliphatic rings. The van der Waals surface area contributed by atoms with Crippen LogP contribution in [-0.2, 0) is 11.0 Å². The zero-order chi connectivity index (χ0) is 30.8. The fourth-order valence-electron chi connectivity index (χ4n) is 3.75. The van der Waals surface area contributed by atoms with E-state index in [-0.39, 0.29) is 26.0 Å². The van der Waals surface area contributed by atoms with Gasteiger partial charge in [0.15, 0.2) is 5.78 Å². The molecule has 0 fully saturated rings. The summed E-state index contributed by atoms with van der Waals surface area (Å²) in [6.07, 6.45) is -15.8. The average molecular weight is 715 g/mol. The lowest BCUT2D eigenvalue weighted by Crippen LogP contribution is -2.39. The van der Waals surface area contributed by atoms with Gasteiger partial charge in [0.2, 0.25) is 5.91 Å². The first-order valence-electron chi connectivity index (χ1n) is 11.1. The number of hydrogen-bond donors (Lipinski definition) is 0. The molecule has 220 valence electrons. The molecule has 0 spiro atoms. The Labute approximate surface area is 238 Å². The van der Waals surface area contributed by atoms with E-state index in [2.05, 4.69) is 31.9 Å². The predicted octanol–water partition coefficient (Wildman–Crippen LogP) is 9.12. The number of hydrogen-bond acceptors (Lipinski definition) is 2. The predicted molar refractivity (Wildman–Crippen MR) is 133 cm³/mol. The van der Waals surface area contributed by atoms with Crippen LogP contribution >= 0.6 is 31.9 Å². The van der Waals surface area contributed by atoms with Gasteiger partial charge < -0.3 is 4.90 Å². The molecular weight excluding hydrogens is 696 g/mol. The van der Waals surface area contributed by atoms with Crippen molar-refractivity contribution < 1.29 is 53.5 Å². The van der Waals surface area contributed by atoms with E-state index in [0.717, 1.165) is 26.1 Å². The van der Waals surface area contributed by atoms with Crippen molar-refractivity contribution in [3.05, 3.63) is 73.7 Å². The summed E-state index contributed by atoms with van der Waals surface area (Å²) in [5.74, 6) is -8.06. The number of halogens is 12. The Morgan fingerprint density at radius 2 is 1.48 bits per heavy atom. The molecule has 2 rings (SSSR count). The van der Waals surface area contributed by atoms with E-state index in [1.807, 2.05) is 0 Å². The van der Waals surface area contributed by atoms with E-state index in [1.54, 1.807) is 0 Å². The number of alkyl halides is 9. The third kappa shape index (κ3) is 9.32. The molecule has 0 aliphatic carbocycles. The van der Waals surface area contributed by atoms with E-state index in [1.165, 1.54) is 6.07 Å². The smallest absolute Gasteiger partial charge is 0.336 e. The highest BCUT2D eigenvalue weighted by Gasteiger charge is 2.41. The van der Waals surface area contributed by atoms with Crippen molar-refractivity contribution in [3.8, 4) is 0 Å². The van der Waals surface area contributed by atoms with Crippen LogP contribution in [0.2, 0.25) is 0 Å². The van der Waals surface area contributed by atoms with Crippen molar-refractivity contribution in [2.24, 2.45) is 5.92 Å². The normalized spacial score (nSPS) is 14.6. The maximum atomic E-state index is 15.0. The maximum Gasteiger partial charge on any atom is 0.417 e. The molecule has 0 bridgehead atoms. The van der Waals surface area contributed by atoms with Gasteiger partial charge in [-0.3, -0.25) is 9.59 Å². The van der Waals surface area contributed by atoms with Crippen LogP contribution in [0.3, 0.4) is 0 Å². The van der Waals surface area contributed by atoms with Gasteiger partial charge in [0.05, 0.1) is 5.56 Å². The molecule has 0 heterocycles. The minimum Gasteiger partial charge on any atom is -0.336 e. The van der Waals surface area contributed by atoms with Crippen molar-refractivity contribution in [2.45, 2.75) is 37.8 Å². The summed E-state index contributed by atoms with van der Waals surface area (Å²) in [6.45, 7) is -0.594. The first-order valence-corrected chi connectivity index (χ1v) is 12.6. The number of carbonyl (C=O) groups excluding carboxylic acids is 2. The van der Waals surface area contributed by atoms with Crippen LogP contribution in [0.25, 0.3) is 5.83 Å². The molecule has 2 aromatic carbocycles. The summed E-state index contributed by atoms with van der Waals surface area (Å²) in [7, 11) is 0.808. The molecule has 3 nitrogen and oxygen atoms in total. The van der Waals surface area contributed by atoms with Crippen molar-refractivity contribution in [2.75, 3.05) is 13.6 Å². The maximum absolute atomic E-state index is 15.0. The monoisotopic (exact) mass is 713 g/mol. The van der Waals surface area contributed by atoms with Crippen molar-refractivity contribution in [3.63, 3.8) is 0 Å². The topological polar surface area (TPSA) is 37.4 Å². The van der Waals surface area contributed by atoms with Gasteiger partial charge in [-0.1, -0.05) is 50.9 Å². The van der Waals surface area contributed by atoms with Gasteiger partial charge in [0, 0.05) is 39.5 Å². The van der Waals surface area contributed by atoms with Crippen molar-refractivity contribution >= 4 is 49.4 Å². The molecule has 1 amide bonds. The molecule has 0 aliphatic heterocycles. The van der Waals surface area contributed by atoms with Crippen LogP contribution in [0.1, 0.15) is 46.3 Å². The Bertz CT molecular complexity index is 1270. The van der Waals surface area contributed by atoms with Crippen LogP contribution in [-0.4, -0.2) is 42.5 Å². The highest BCUT2D eigenvalue weighted by atomic mass is 79.9. The summed E-state index contributed by atoms with van der Waals surface area (Å²) in [5, 5.41) is 0. The number of allylic oxidation sites excluding steroid dienone is 1. The second-order valence-corrected chi connectivity index (χ2v) is 10.7. The zero-order valence-corrected chi connectivity index (χ0v) is 23.6. The Morgan fingerprint density at radius 3 is 1.95 bits per heavy atom. The summed E-state index contributed by atoms with van der Waals surface area (Å²) in [4.78, 5) is 25.0. The van der Waals surface area contributed by atoms with Crippen LogP contribution < -0.4 is 0 Å². The average Bonchev–Trinajstić information content (AvgIpc) is 2.78.